The average Bonchev–Trinajstić information content (AvgIpc) is 2.44. The van der Waals surface area contributed by atoms with E-state index in [1.54, 1.807) is 38.5 Å². The smallest absolute Gasteiger partial charge is 0.370 e. The Kier molecular flexibility index (Phi) is 2.71. The van der Waals surface area contributed by atoms with Gasteiger partial charge in [-0.2, -0.15) is 0 Å². The van der Waals surface area contributed by atoms with Crippen molar-refractivity contribution in [2.24, 2.45) is 47.3 Å². The highest BCUT2D eigenvalue weighted by Gasteiger charge is 2.63. The molecule has 0 heterocycles. The van der Waals surface area contributed by atoms with Crippen molar-refractivity contribution in [3.63, 3.8) is 0 Å². The normalized spacial score (nSPS) is 52.6. The third-order valence-electron chi connectivity index (χ3n) is 7.18. The van der Waals surface area contributed by atoms with Gasteiger partial charge in [-0.05, 0) is 92.4 Å². The fourth-order valence-electron chi connectivity index (χ4n) is 6.89. The van der Waals surface area contributed by atoms with Crippen molar-refractivity contribution in [1.82, 2.24) is 0 Å². The fourth-order valence-corrected chi connectivity index (χ4v) is 6.89. The number of carboxylic acids is 1. The Morgan fingerprint density at radius 2 is 0.900 bits per heavy atom. The van der Waals surface area contributed by atoms with Crippen molar-refractivity contribution in [2.45, 2.75) is 38.5 Å². The number of rotatable bonds is 1. The third-order valence-corrected chi connectivity index (χ3v) is 7.18. The molecule has 110 valence electrons. The molecule has 0 amide bonds. The van der Waals surface area contributed by atoms with Crippen LogP contribution in [0.1, 0.15) is 38.5 Å². The first-order valence-corrected chi connectivity index (χ1v) is 8.15. The van der Waals surface area contributed by atoms with E-state index in [9.17, 15) is 4.79 Å². The largest absolute Gasteiger partial charge is 0.502 e. The van der Waals surface area contributed by atoms with E-state index >= 15 is 0 Å². The van der Waals surface area contributed by atoms with E-state index in [-0.39, 0.29) is 0 Å². The van der Waals surface area contributed by atoms with Crippen molar-refractivity contribution in [1.29, 1.82) is 0 Å². The van der Waals surface area contributed by atoms with Gasteiger partial charge >= 0.3 is 5.97 Å². The summed E-state index contributed by atoms with van der Waals surface area (Å²) in [6, 6.07) is 0. The van der Waals surface area contributed by atoms with E-state index < -0.39 is 11.7 Å². The first-order valence-electron chi connectivity index (χ1n) is 8.15. The number of aliphatic carboxylic acids is 1. The first-order chi connectivity index (χ1) is 9.54. The highest BCUT2D eigenvalue weighted by molar-refractivity contribution is 5.82. The molecule has 3 nitrogen and oxygen atoms in total. The zero-order valence-electron chi connectivity index (χ0n) is 11.9. The zero-order valence-corrected chi connectivity index (χ0v) is 11.9. The van der Waals surface area contributed by atoms with Crippen molar-refractivity contribution in [3.05, 3.63) is 12.3 Å². The maximum Gasteiger partial charge on any atom is 0.370 e. The monoisotopic (exact) mass is 276 g/mol. The molecule has 0 unspecified atom stereocenters. The van der Waals surface area contributed by atoms with Gasteiger partial charge in [0.15, 0.2) is 5.76 Å². The number of aliphatic hydroxyl groups excluding tert-OH is 1. The van der Waals surface area contributed by atoms with E-state index in [2.05, 4.69) is 6.58 Å². The minimum Gasteiger partial charge on any atom is -0.502 e. The Labute approximate surface area is 120 Å². The molecular weight excluding hydrogens is 252 g/mol. The van der Waals surface area contributed by atoms with Gasteiger partial charge in [-0.15, -0.1) is 0 Å². The van der Waals surface area contributed by atoms with Crippen LogP contribution in [0.5, 0.6) is 0 Å². The summed E-state index contributed by atoms with van der Waals surface area (Å²) in [6.45, 7) is 2.71. The second-order valence-corrected chi connectivity index (χ2v) is 7.88. The molecule has 0 atom stereocenters. The molecule has 0 aromatic heterocycles. The fraction of sp³-hybridized carbons (Fsp3) is 0.824. The molecule has 2 N–H and O–H groups in total. The number of aliphatic hydroxyl groups is 1. The van der Waals surface area contributed by atoms with E-state index in [1.807, 2.05) is 0 Å². The molecule has 20 heavy (non-hydrogen) atoms. The summed E-state index contributed by atoms with van der Waals surface area (Å²) >= 11 is 0. The summed E-state index contributed by atoms with van der Waals surface area (Å²) in [5.41, 5.74) is 0. The van der Waals surface area contributed by atoms with E-state index in [0.717, 1.165) is 0 Å². The zero-order chi connectivity index (χ0) is 14.0. The van der Waals surface area contributed by atoms with Crippen LogP contribution >= 0.6 is 0 Å². The molecule has 7 fully saturated rings. The lowest BCUT2D eigenvalue weighted by Gasteiger charge is -2.69. The third kappa shape index (κ3) is 1.68. The Hall–Kier alpha value is -0.990. The number of hydrogen-bond donors (Lipinski definition) is 2. The summed E-state index contributed by atoms with van der Waals surface area (Å²) < 4.78 is 0. The van der Waals surface area contributed by atoms with E-state index in [4.69, 9.17) is 10.2 Å². The molecule has 0 aromatic carbocycles. The number of carboxylic acid groups (broad SMARTS) is 1. The Bertz CT molecular complexity index is 356. The quantitative estimate of drug-likeness (QED) is 0.569. The summed E-state index contributed by atoms with van der Waals surface area (Å²) in [7, 11) is 0. The lowest BCUT2D eigenvalue weighted by Crippen LogP contribution is -2.62. The summed E-state index contributed by atoms with van der Waals surface area (Å²) in [4.78, 5) is 9.35. The second-order valence-electron chi connectivity index (χ2n) is 7.88. The van der Waals surface area contributed by atoms with Gasteiger partial charge in [0, 0.05) is 0 Å². The van der Waals surface area contributed by atoms with Crippen molar-refractivity contribution in [2.75, 3.05) is 0 Å². The van der Waals surface area contributed by atoms with Crippen LogP contribution in [0.3, 0.4) is 0 Å². The Morgan fingerprint density at radius 3 is 1.05 bits per heavy atom. The van der Waals surface area contributed by atoms with Gasteiger partial charge in [-0.3, -0.25) is 0 Å². The Morgan fingerprint density at radius 1 is 0.700 bits per heavy atom. The molecule has 3 heteroatoms. The topological polar surface area (TPSA) is 57.5 Å². The molecule has 7 aliphatic rings. The maximum atomic E-state index is 9.35. The van der Waals surface area contributed by atoms with Gasteiger partial charge in [0.25, 0.3) is 0 Å². The van der Waals surface area contributed by atoms with Crippen LogP contribution in [0.15, 0.2) is 12.3 Å². The summed E-state index contributed by atoms with van der Waals surface area (Å²) in [5.74, 6) is 7.54. The molecule has 7 saturated carbocycles. The van der Waals surface area contributed by atoms with Crippen LogP contribution in [-0.4, -0.2) is 16.2 Å². The lowest BCUT2D eigenvalue weighted by molar-refractivity contribution is -0.202. The van der Waals surface area contributed by atoms with Crippen LogP contribution < -0.4 is 0 Å². The summed E-state index contributed by atoms with van der Waals surface area (Å²) in [5, 5.41) is 15.5. The highest BCUT2D eigenvalue weighted by Crippen LogP contribution is 2.71. The molecule has 0 aromatic rings. The molecule has 7 rings (SSSR count). The molecule has 7 aliphatic carbocycles. The van der Waals surface area contributed by atoms with Gasteiger partial charge < -0.3 is 10.2 Å². The van der Waals surface area contributed by atoms with Crippen LogP contribution in [0.25, 0.3) is 0 Å². The van der Waals surface area contributed by atoms with E-state index in [1.165, 1.54) is 47.3 Å². The predicted octanol–water partition coefficient (Wildman–Crippen LogP) is 3.47. The minimum absolute atomic E-state index is 0.824. The average molecular weight is 276 g/mol. The Balaban J connectivity index is 0.000000154. The SMILES string of the molecule is C1C2CC3C4CC5CC(C14)C(C2)C3C5.C=C(O)C(=O)O. The molecule has 0 aliphatic heterocycles. The van der Waals surface area contributed by atoms with Crippen molar-refractivity contribution in [3.8, 4) is 0 Å². The van der Waals surface area contributed by atoms with Crippen LogP contribution in [0, 0.1) is 47.3 Å². The van der Waals surface area contributed by atoms with Crippen molar-refractivity contribution < 1.29 is 15.0 Å². The van der Waals surface area contributed by atoms with Crippen LogP contribution in [-0.2, 0) is 4.79 Å². The standard InChI is InChI=1S/C14H20.C3H4O3/c1-7-2-12-10-4-8-5-11(9(1)10)13(3-7)14(12)6-8;1-2(4)3(5)6/h7-14H,1-6H2;4H,1H2,(H,5,6). The van der Waals surface area contributed by atoms with Crippen LogP contribution in [0.2, 0.25) is 0 Å². The molecule has 0 saturated heterocycles. The predicted molar refractivity (Wildman–Crippen MR) is 75.0 cm³/mol. The molecule has 8 bridgehead atoms. The van der Waals surface area contributed by atoms with Gasteiger partial charge in [0.2, 0.25) is 0 Å². The molecular formula is C17H24O3. The van der Waals surface area contributed by atoms with Gasteiger partial charge in [-0.25, -0.2) is 4.79 Å². The minimum atomic E-state index is -1.38. The highest BCUT2D eigenvalue weighted by atomic mass is 16.4. The van der Waals surface area contributed by atoms with Gasteiger partial charge in [-0.1, -0.05) is 0 Å². The maximum absolute atomic E-state index is 9.35. The first kappa shape index (κ1) is 12.7. The lowest BCUT2D eigenvalue weighted by atomic mass is 9.36. The van der Waals surface area contributed by atoms with E-state index in [0.29, 0.717) is 0 Å². The van der Waals surface area contributed by atoms with Gasteiger partial charge in [0.1, 0.15) is 0 Å². The second kappa shape index (κ2) is 4.25. The molecule has 0 spiro atoms. The number of hydrogen-bond acceptors (Lipinski definition) is 2. The van der Waals surface area contributed by atoms with Gasteiger partial charge in [0.05, 0.1) is 0 Å². The molecule has 0 radical (unpaired) electrons. The summed E-state index contributed by atoms with van der Waals surface area (Å²) in [6.07, 6.45) is 9.93. The van der Waals surface area contributed by atoms with Crippen LogP contribution in [0.4, 0.5) is 0 Å². The van der Waals surface area contributed by atoms with Crippen molar-refractivity contribution >= 4 is 5.97 Å². The number of carbonyl (C=O) groups is 1.